The lowest BCUT2D eigenvalue weighted by Gasteiger charge is -2.11. The van der Waals surface area contributed by atoms with Crippen LogP contribution in [0, 0.1) is 6.92 Å². The molecule has 0 unspecified atom stereocenters. The van der Waals surface area contributed by atoms with Gasteiger partial charge in [-0.15, -0.1) is 0 Å². The van der Waals surface area contributed by atoms with Crippen molar-refractivity contribution in [3.05, 3.63) is 56.4 Å². The van der Waals surface area contributed by atoms with E-state index in [1.54, 1.807) is 11.9 Å². The highest BCUT2D eigenvalue weighted by atomic mass is 32.2. The molecule has 5 N–H and O–H groups in total. The predicted molar refractivity (Wildman–Crippen MR) is 93.6 cm³/mol. The van der Waals surface area contributed by atoms with Crippen LogP contribution >= 0.6 is 0 Å². The van der Waals surface area contributed by atoms with Crippen LogP contribution in [0.25, 0.3) is 10.8 Å². The molecule has 0 saturated heterocycles. The van der Waals surface area contributed by atoms with E-state index in [0.29, 0.717) is 10.9 Å². The van der Waals surface area contributed by atoms with E-state index in [1.807, 2.05) is 9.71 Å². The maximum absolute atomic E-state index is 12.5. The van der Waals surface area contributed by atoms with Crippen molar-refractivity contribution < 1.29 is 23.4 Å². The lowest BCUT2D eigenvalue weighted by Crippen LogP contribution is -2.28. The number of carbonyl (C=O) groups is 1. The molecule has 140 valence electrons. The summed E-state index contributed by atoms with van der Waals surface area (Å²) in [7, 11) is -4.29. The summed E-state index contributed by atoms with van der Waals surface area (Å²) >= 11 is 0. The van der Waals surface area contributed by atoms with Crippen LogP contribution in [0.15, 0.2) is 38.8 Å². The van der Waals surface area contributed by atoms with Crippen molar-refractivity contribution in [3.63, 3.8) is 0 Å². The van der Waals surface area contributed by atoms with Gasteiger partial charge in [-0.3, -0.25) is 9.97 Å². The standard InChI is InChI=1S/C15H12N4O7S/c1-6-8-3-2-7(4-9(8)10(12(21)22)5-11(6)20)27(25,26)19-13-16-14(23)18-15(24)17-13/h2-5,20H,1H3,(H,21,22)(H3,16,17,18,19,23,24). The van der Waals surface area contributed by atoms with E-state index >= 15 is 0 Å². The molecular weight excluding hydrogens is 380 g/mol. The number of aromatic hydroxyl groups is 1. The number of hydrogen-bond acceptors (Lipinski definition) is 7. The van der Waals surface area contributed by atoms with Gasteiger partial charge in [0.25, 0.3) is 10.0 Å². The summed E-state index contributed by atoms with van der Waals surface area (Å²) in [5.74, 6) is -2.18. The van der Waals surface area contributed by atoms with Crippen LogP contribution < -0.4 is 16.1 Å². The Bertz CT molecular complexity index is 1280. The van der Waals surface area contributed by atoms with Gasteiger partial charge >= 0.3 is 17.3 Å². The number of sulfonamides is 1. The van der Waals surface area contributed by atoms with Crippen molar-refractivity contribution in [3.8, 4) is 5.75 Å². The minimum atomic E-state index is -4.29. The Kier molecular flexibility index (Phi) is 4.19. The molecule has 0 aliphatic carbocycles. The topological polar surface area (TPSA) is 182 Å². The summed E-state index contributed by atoms with van der Waals surface area (Å²) in [5, 5.41) is 19.6. The third-order valence-electron chi connectivity index (χ3n) is 3.79. The number of rotatable bonds is 4. The molecule has 0 spiro atoms. The summed E-state index contributed by atoms with van der Waals surface area (Å²) in [6.45, 7) is 1.56. The highest BCUT2D eigenvalue weighted by molar-refractivity contribution is 7.92. The van der Waals surface area contributed by atoms with Gasteiger partial charge in [-0.2, -0.15) is 4.98 Å². The lowest BCUT2D eigenvalue weighted by atomic mass is 9.99. The third kappa shape index (κ3) is 3.37. The van der Waals surface area contributed by atoms with Crippen LogP contribution in [0.4, 0.5) is 5.95 Å². The number of aromatic nitrogens is 3. The highest BCUT2D eigenvalue weighted by Crippen LogP contribution is 2.31. The Morgan fingerprint density at radius 2 is 1.85 bits per heavy atom. The number of phenolic OH excluding ortho intramolecular Hbond substituents is 1. The van der Waals surface area contributed by atoms with Crippen molar-refractivity contribution in [2.24, 2.45) is 0 Å². The summed E-state index contributed by atoms with van der Waals surface area (Å²) < 4.78 is 27.0. The fraction of sp³-hybridized carbons (Fsp3) is 0.0667. The van der Waals surface area contributed by atoms with Gasteiger partial charge in [-0.1, -0.05) is 6.07 Å². The molecule has 0 aliphatic rings. The van der Waals surface area contributed by atoms with Crippen LogP contribution in [0.3, 0.4) is 0 Å². The molecule has 0 atom stereocenters. The number of hydrogen-bond donors (Lipinski definition) is 5. The minimum Gasteiger partial charge on any atom is -0.508 e. The van der Waals surface area contributed by atoms with Gasteiger partial charge in [-0.05, 0) is 41.5 Å². The molecule has 11 nitrogen and oxygen atoms in total. The number of aromatic carboxylic acids is 1. The van der Waals surface area contributed by atoms with Crippen LogP contribution in [0.5, 0.6) is 5.75 Å². The molecule has 12 heteroatoms. The first kappa shape index (κ1) is 18.1. The fourth-order valence-electron chi connectivity index (χ4n) is 2.51. The van der Waals surface area contributed by atoms with Gasteiger partial charge < -0.3 is 10.2 Å². The number of carboxylic acid groups (broad SMARTS) is 1. The number of nitrogens with one attached hydrogen (secondary N) is 3. The average molecular weight is 392 g/mol. The number of H-pyrrole nitrogens is 2. The lowest BCUT2D eigenvalue weighted by molar-refractivity contribution is 0.0698. The van der Waals surface area contributed by atoms with Gasteiger partial charge in [0.05, 0.1) is 10.5 Å². The second-order valence-corrected chi connectivity index (χ2v) is 7.21. The Balaban J connectivity index is 2.17. The van der Waals surface area contributed by atoms with Gasteiger partial charge in [0.15, 0.2) is 0 Å². The zero-order valence-corrected chi connectivity index (χ0v) is 14.4. The normalized spacial score (nSPS) is 11.4. The van der Waals surface area contributed by atoms with Crippen molar-refractivity contribution in [2.75, 3.05) is 4.72 Å². The molecule has 3 rings (SSSR count). The van der Waals surface area contributed by atoms with Crippen LogP contribution in [-0.4, -0.2) is 39.6 Å². The van der Waals surface area contributed by atoms with E-state index in [0.717, 1.165) is 12.1 Å². The molecule has 2 aromatic carbocycles. The molecule has 0 aliphatic heterocycles. The molecule has 0 bridgehead atoms. The van der Waals surface area contributed by atoms with E-state index < -0.39 is 33.3 Å². The quantitative estimate of drug-likeness (QED) is 0.415. The number of anilines is 1. The monoisotopic (exact) mass is 392 g/mol. The van der Waals surface area contributed by atoms with E-state index in [1.165, 1.54) is 12.1 Å². The first-order valence-corrected chi connectivity index (χ1v) is 8.80. The van der Waals surface area contributed by atoms with Crippen molar-refractivity contribution in [1.82, 2.24) is 15.0 Å². The van der Waals surface area contributed by atoms with E-state index in [9.17, 15) is 33.0 Å². The number of benzene rings is 2. The Labute approximate surface area is 150 Å². The maximum Gasteiger partial charge on any atom is 0.352 e. The minimum absolute atomic E-state index is 0.0908. The zero-order valence-electron chi connectivity index (χ0n) is 13.6. The third-order valence-corrected chi connectivity index (χ3v) is 5.12. The molecule has 3 aromatic rings. The molecule has 0 radical (unpaired) electrons. The maximum atomic E-state index is 12.5. The van der Waals surface area contributed by atoms with Crippen LogP contribution in [-0.2, 0) is 10.0 Å². The van der Waals surface area contributed by atoms with Crippen molar-refractivity contribution >= 4 is 32.7 Å². The molecule has 0 amide bonds. The Hall–Kier alpha value is -3.67. The number of carboxylic acids is 1. The summed E-state index contributed by atoms with van der Waals surface area (Å²) in [6.07, 6.45) is 0. The summed E-state index contributed by atoms with van der Waals surface area (Å²) in [6, 6.07) is 4.67. The first-order valence-electron chi connectivity index (χ1n) is 7.31. The Morgan fingerprint density at radius 1 is 1.15 bits per heavy atom. The molecule has 1 aromatic heterocycles. The van der Waals surface area contributed by atoms with Gasteiger partial charge in [0.1, 0.15) is 5.75 Å². The molecule has 0 fully saturated rings. The number of aryl methyl sites for hydroxylation is 1. The van der Waals surface area contributed by atoms with E-state index in [-0.39, 0.29) is 21.6 Å². The average Bonchev–Trinajstić information content (AvgIpc) is 2.56. The molecule has 1 heterocycles. The largest absolute Gasteiger partial charge is 0.508 e. The van der Waals surface area contributed by atoms with Crippen molar-refractivity contribution in [1.29, 1.82) is 0 Å². The summed E-state index contributed by atoms with van der Waals surface area (Å²) in [4.78, 5) is 40.6. The second kappa shape index (κ2) is 6.25. The number of phenols is 1. The molecule has 27 heavy (non-hydrogen) atoms. The van der Waals surface area contributed by atoms with Crippen LogP contribution in [0.2, 0.25) is 0 Å². The van der Waals surface area contributed by atoms with Gasteiger partial charge in [0.2, 0.25) is 5.95 Å². The number of aromatic amines is 2. The number of fused-ring (bicyclic) bond motifs is 1. The predicted octanol–water partition coefficient (Wildman–Crippen LogP) is 0.124. The van der Waals surface area contributed by atoms with E-state index in [4.69, 9.17) is 0 Å². The number of nitrogens with zero attached hydrogens (tertiary/aromatic N) is 1. The molecule has 0 saturated carbocycles. The van der Waals surface area contributed by atoms with Gasteiger partial charge in [-0.25, -0.2) is 27.5 Å². The zero-order chi connectivity index (χ0) is 19.9. The SMILES string of the molecule is Cc1c(O)cc(C(=O)O)c2cc(S(=O)(=O)Nc3nc(=O)[nH]c(=O)[nH]3)ccc12. The summed E-state index contributed by atoms with van der Waals surface area (Å²) in [5.41, 5.74) is -1.90. The van der Waals surface area contributed by atoms with E-state index in [2.05, 4.69) is 4.98 Å². The smallest absolute Gasteiger partial charge is 0.352 e. The molecular formula is C15H12N4O7S. The Morgan fingerprint density at radius 3 is 2.48 bits per heavy atom. The first-order chi connectivity index (χ1) is 12.6. The highest BCUT2D eigenvalue weighted by Gasteiger charge is 2.20. The van der Waals surface area contributed by atoms with Crippen molar-refractivity contribution in [2.45, 2.75) is 11.8 Å². The second-order valence-electron chi connectivity index (χ2n) is 5.53. The fourth-order valence-corrected chi connectivity index (χ4v) is 3.50. The van der Waals surface area contributed by atoms with Crippen LogP contribution in [0.1, 0.15) is 15.9 Å². The van der Waals surface area contributed by atoms with Gasteiger partial charge in [0, 0.05) is 0 Å².